The fourth-order valence-corrected chi connectivity index (χ4v) is 3.03. The van der Waals surface area contributed by atoms with E-state index in [1.165, 1.54) is 0 Å². The van der Waals surface area contributed by atoms with E-state index in [-0.39, 0.29) is 5.91 Å². The molecule has 1 aromatic heterocycles. The molecule has 6 heteroatoms. The molecule has 0 bridgehead atoms. The zero-order chi connectivity index (χ0) is 18.7. The van der Waals surface area contributed by atoms with Gasteiger partial charge in [-0.25, -0.2) is 0 Å². The molecule has 0 fully saturated rings. The summed E-state index contributed by atoms with van der Waals surface area (Å²) in [7, 11) is 0. The van der Waals surface area contributed by atoms with Crippen LogP contribution in [0.4, 0.5) is 5.69 Å². The molecule has 132 valence electrons. The van der Waals surface area contributed by atoms with Crippen LogP contribution >= 0.6 is 23.2 Å². The number of halogens is 2. The van der Waals surface area contributed by atoms with Gasteiger partial charge in [0.2, 0.25) is 0 Å². The van der Waals surface area contributed by atoms with Gasteiger partial charge in [0.15, 0.2) is 0 Å². The lowest BCUT2D eigenvalue weighted by molar-refractivity contribution is 0.101. The SMILES string of the molecule is Cc1cc(C=Nc2ccc(Cl)cc2Cl)c(C)n1NC(=O)c1ccccc1. The first-order valence-corrected chi connectivity index (χ1v) is 8.76. The molecule has 3 aromatic rings. The number of aliphatic imine (C=N–C) groups is 1. The van der Waals surface area contributed by atoms with Crippen LogP contribution in [0.3, 0.4) is 0 Å². The summed E-state index contributed by atoms with van der Waals surface area (Å²) in [4.78, 5) is 16.8. The molecule has 0 aliphatic carbocycles. The summed E-state index contributed by atoms with van der Waals surface area (Å²) < 4.78 is 1.75. The summed E-state index contributed by atoms with van der Waals surface area (Å²) in [5.74, 6) is -0.170. The Bertz CT molecular complexity index is 978. The van der Waals surface area contributed by atoms with Crippen molar-refractivity contribution in [1.29, 1.82) is 0 Å². The van der Waals surface area contributed by atoms with E-state index < -0.39 is 0 Å². The van der Waals surface area contributed by atoms with E-state index in [0.29, 0.717) is 21.3 Å². The van der Waals surface area contributed by atoms with Gasteiger partial charge in [0.25, 0.3) is 5.91 Å². The van der Waals surface area contributed by atoms with Crippen molar-refractivity contribution in [1.82, 2.24) is 4.68 Å². The van der Waals surface area contributed by atoms with Crippen LogP contribution in [0.2, 0.25) is 10.0 Å². The van der Waals surface area contributed by atoms with Crippen molar-refractivity contribution >= 4 is 41.0 Å². The first kappa shape index (κ1) is 18.2. The summed E-state index contributed by atoms with van der Waals surface area (Å²) in [6, 6.07) is 16.2. The van der Waals surface area contributed by atoms with Crippen LogP contribution in [-0.2, 0) is 0 Å². The van der Waals surface area contributed by atoms with Gasteiger partial charge in [-0.05, 0) is 50.2 Å². The van der Waals surface area contributed by atoms with Crippen LogP contribution in [0.25, 0.3) is 0 Å². The van der Waals surface area contributed by atoms with E-state index in [4.69, 9.17) is 23.2 Å². The highest BCUT2D eigenvalue weighted by atomic mass is 35.5. The fraction of sp³-hybridized carbons (Fsp3) is 0.100. The maximum absolute atomic E-state index is 12.4. The number of carbonyl (C=O) groups is 1. The molecule has 0 unspecified atom stereocenters. The molecule has 0 spiro atoms. The average molecular weight is 386 g/mol. The normalized spacial score (nSPS) is 11.1. The molecular formula is C20H17Cl2N3O. The van der Waals surface area contributed by atoms with Crippen LogP contribution in [-0.4, -0.2) is 16.8 Å². The average Bonchev–Trinajstić information content (AvgIpc) is 2.89. The number of aromatic nitrogens is 1. The van der Waals surface area contributed by atoms with Gasteiger partial charge in [-0.3, -0.25) is 19.9 Å². The molecule has 2 aromatic carbocycles. The zero-order valence-electron chi connectivity index (χ0n) is 14.3. The molecule has 1 N–H and O–H groups in total. The Hall–Kier alpha value is -2.56. The molecule has 3 rings (SSSR count). The van der Waals surface area contributed by atoms with Crippen LogP contribution in [0, 0.1) is 13.8 Å². The summed E-state index contributed by atoms with van der Waals surface area (Å²) in [5, 5.41) is 1.05. The number of amides is 1. The van der Waals surface area contributed by atoms with Crippen molar-refractivity contribution in [3.05, 3.63) is 87.2 Å². The van der Waals surface area contributed by atoms with Crippen LogP contribution < -0.4 is 5.43 Å². The molecule has 1 amide bonds. The largest absolute Gasteiger partial charge is 0.270 e. The maximum atomic E-state index is 12.4. The predicted molar refractivity (Wildman–Crippen MR) is 108 cm³/mol. The van der Waals surface area contributed by atoms with Gasteiger partial charge in [0.05, 0.1) is 10.7 Å². The van der Waals surface area contributed by atoms with Crippen LogP contribution in [0.15, 0.2) is 59.6 Å². The minimum absolute atomic E-state index is 0.170. The molecule has 26 heavy (non-hydrogen) atoms. The molecule has 0 aliphatic heterocycles. The number of hydrogen-bond donors (Lipinski definition) is 1. The van der Waals surface area contributed by atoms with Gasteiger partial charge in [0, 0.05) is 33.8 Å². The highest BCUT2D eigenvalue weighted by Gasteiger charge is 2.11. The number of nitrogens with one attached hydrogen (secondary N) is 1. The van der Waals surface area contributed by atoms with E-state index in [1.807, 2.05) is 38.1 Å². The second-order valence-corrected chi connectivity index (χ2v) is 6.67. The Balaban J connectivity index is 1.84. The van der Waals surface area contributed by atoms with Crippen molar-refractivity contribution in [2.24, 2.45) is 4.99 Å². The third-order valence-corrected chi connectivity index (χ3v) is 4.51. The molecule has 1 heterocycles. The first-order valence-electron chi connectivity index (χ1n) is 8.00. The Morgan fingerprint density at radius 2 is 1.81 bits per heavy atom. The second-order valence-electron chi connectivity index (χ2n) is 5.82. The summed E-state index contributed by atoms with van der Waals surface area (Å²) in [6.07, 6.45) is 1.72. The van der Waals surface area contributed by atoms with E-state index in [1.54, 1.807) is 41.2 Å². The molecule has 0 radical (unpaired) electrons. The van der Waals surface area contributed by atoms with Gasteiger partial charge in [-0.2, -0.15) is 0 Å². The quantitative estimate of drug-likeness (QED) is 0.588. The number of aryl methyl sites for hydroxylation is 1. The van der Waals surface area contributed by atoms with Gasteiger partial charge in [0.1, 0.15) is 0 Å². The van der Waals surface area contributed by atoms with Crippen molar-refractivity contribution in [3.63, 3.8) is 0 Å². The monoisotopic (exact) mass is 385 g/mol. The van der Waals surface area contributed by atoms with Gasteiger partial charge in [-0.1, -0.05) is 41.4 Å². The molecular weight excluding hydrogens is 369 g/mol. The number of carbonyl (C=O) groups excluding carboxylic acids is 1. The maximum Gasteiger partial charge on any atom is 0.270 e. The van der Waals surface area contributed by atoms with Crippen molar-refractivity contribution in [3.8, 4) is 0 Å². The molecule has 4 nitrogen and oxygen atoms in total. The van der Waals surface area contributed by atoms with Gasteiger partial charge < -0.3 is 0 Å². The summed E-state index contributed by atoms with van der Waals surface area (Å²) in [5.41, 5.74) is 6.80. The van der Waals surface area contributed by atoms with Crippen molar-refractivity contribution < 1.29 is 4.79 Å². The minimum Gasteiger partial charge on any atom is -0.267 e. The third-order valence-electron chi connectivity index (χ3n) is 3.97. The Morgan fingerprint density at radius 1 is 1.08 bits per heavy atom. The summed E-state index contributed by atoms with van der Waals surface area (Å²) >= 11 is 12.1. The standard InChI is InChI=1S/C20H17Cl2N3O/c1-13-10-16(12-23-19-9-8-17(21)11-18(19)22)14(2)25(13)24-20(26)15-6-4-3-5-7-15/h3-12H,1-2H3,(H,24,26). The minimum atomic E-state index is -0.170. The molecule has 0 saturated heterocycles. The fourth-order valence-electron chi connectivity index (χ4n) is 2.57. The highest BCUT2D eigenvalue weighted by molar-refractivity contribution is 6.36. The van der Waals surface area contributed by atoms with E-state index in [0.717, 1.165) is 17.0 Å². The number of benzene rings is 2. The van der Waals surface area contributed by atoms with Crippen LogP contribution in [0.5, 0.6) is 0 Å². The smallest absolute Gasteiger partial charge is 0.267 e. The first-order chi connectivity index (χ1) is 12.5. The van der Waals surface area contributed by atoms with Crippen molar-refractivity contribution in [2.45, 2.75) is 13.8 Å². The van der Waals surface area contributed by atoms with Gasteiger partial charge in [-0.15, -0.1) is 0 Å². The molecule has 0 saturated carbocycles. The van der Waals surface area contributed by atoms with Gasteiger partial charge >= 0.3 is 0 Å². The lowest BCUT2D eigenvalue weighted by atomic mass is 10.2. The van der Waals surface area contributed by atoms with E-state index in [9.17, 15) is 4.79 Å². The second kappa shape index (κ2) is 7.77. The highest BCUT2D eigenvalue weighted by Crippen LogP contribution is 2.28. The Morgan fingerprint density at radius 3 is 2.50 bits per heavy atom. The van der Waals surface area contributed by atoms with E-state index in [2.05, 4.69) is 10.4 Å². The number of hydrogen-bond acceptors (Lipinski definition) is 2. The zero-order valence-corrected chi connectivity index (χ0v) is 15.8. The van der Waals surface area contributed by atoms with Crippen LogP contribution in [0.1, 0.15) is 27.3 Å². The Labute approximate surface area is 162 Å². The molecule has 0 atom stereocenters. The number of rotatable bonds is 4. The lowest BCUT2D eigenvalue weighted by Crippen LogP contribution is -2.24. The topological polar surface area (TPSA) is 46.4 Å². The van der Waals surface area contributed by atoms with E-state index >= 15 is 0 Å². The third kappa shape index (κ3) is 3.98. The lowest BCUT2D eigenvalue weighted by Gasteiger charge is -2.11. The predicted octanol–water partition coefficient (Wildman–Crippen LogP) is 5.55. The molecule has 0 aliphatic rings. The Kier molecular flexibility index (Phi) is 5.45. The summed E-state index contributed by atoms with van der Waals surface area (Å²) in [6.45, 7) is 3.84. The number of nitrogens with zero attached hydrogens (tertiary/aromatic N) is 2. The van der Waals surface area contributed by atoms with Crippen molar-refractivity contribution in [2.75, 3.05) is 5.43 Å².